The van der Waals surface area contributed by atoms with E-state index in [4.69, 9.17) is 0 Å². The van der Waals surface area contributed by atoms with Crippen molar-refractivity contribution in [1.29, 1.82) is 0 Å². The second-order valence-corrected chi connectivity index (χ2v) is 6.69. The summed E-state index contributed by atoms with van der Waals surface area (Å²) in [5.41, 5.74) is 1.41. The van der Waals surface area contributed by atoms with Crippen LogP contribution in [0.15, 0.2) is 29.2 Å². The van der Waals surface area contributed by atoms with Crippen molar-refractivity contribution in [2.24, 2.45) is 5.92 Å². The molecule has 0 aromatic heterocycles. The molecule has 2 rings (SSSR count). The van der Waals surface area contributed by atoms with Crippen LogP contribution in [0.4, 0.5) is 5.69 Å². The van der Waals surface area contributed by atoms with Crippen molar-refractivity contribution in [2.75, 3.05) is 31.1 Å². The van der Waals surface area contributed by atoms with Gasteiger partial charge in [-0.15, -0.1) is 11.8 Å². The van der Waals surface area contributed by atoms with Gasteiger partial charge in [-0.2, -0.15) is 0 Å². The van der Waals surface area contributed by atoms with E-state index in [1.807, 2.05) is 11.8 Å². The molecule has 0 aliphatic carbocycles. The van der Waals surface area contributed by atoms with Crippen molar-refractivity contribution in [2.45, 2.75) is 30.9 Å². The summed E-state index contributed by atoms with van der Waals surface area (Å²) < 4.78 is 0. The third-order valence-corrected chi connectivity index (χ3v) is 5.09. The summed E-state index contributed by atoms with van der Waals surface area (Å²) in [6.45, 7) is 11.3. The minimum absolute atomic E-state index is 0.661. The zero-order valence-corrected chi connectivity index (χ0v) is 12.5. The molecule has 1 aliphatic heterocycles. The first-order valence-corrected chi connectivity index (χ1v) is 7.78. The first-order chi connectivity index (χ1) is 8.68. The van der Waals surface area contributed by atoms with Crippen LogP contribution < -0.4 is 10.2 Å². The molecule has 0 saturated carbocycles. The van der Waals surface area contributed by atoms with Gasteiger partial charge in [0.2, 0.25) is 0 Å². The number of benzene rings is 1. The van der Waals surface area contributed by atoms with Crippen LogP contribution in [0.3, 0.4) is 0 Å². The van der Waals surface area contributed by atoms with E-state index in [9.17, 15) is 0 Å². The van der Waals surface area contributed by atoms with E-state index in [1.54, 1.807) is 0 Å². The molecule has 2 nitrogen and oxygen atoms in total. The van der Waals surface area contributed by atoms with Gasteiger partial charge in [0.25, 0.3) is 0 Å². The first-order valence-electron chi connectivity index (χ1n) is 6.90. The number of hydrogen-bond acceptors (Lipinski definition) is 3. The topological polar surface area (TPSA) is 15.3 Å². The van der Waals surface area contributed by atoms with Crippen molar-refractivity contribution in [3.8, 4) is 0 Å². The van der Waals surface area contributed by atoms with E-state index in [-0.39, 0.29) is 0 Å². The molecule has 0 bridgehead atoms. The minimum Gasteiger partial charge on any atom is -0.368 e. The van der Waals surface area contributed by atoms with Crippen molar-refractivity contribution >= 4 is 17.4 Å². The molecule has 18 heavy (non-hydrogen) atoms. The normalized spacial score (nSPS) is 18.1. The summed E-state index contributed by atoms with van der Waals surface area (Å²) in [7, 11) is 0. The van der Waals surface area contributed by atoms with Crippen molar-refractivity contribution in [1.82, 2.24) is 5.32 Å². The minimum atomic E-state index is 0.661. The summed E-state index contributed by atoms with van der Waals surface area (Å²) in [4.78, 5) is 3.94. The van der Waals surface area contributed by atoms with Crippen LogP contribution in [0.25, 0.3) is 0 Å². The second-order valence-electron chi connectivity index (χ2n) is 5.27. The number of para-hydroxylation sites is 1. The lowest BCUT2D eigenvalue weighted by molar-refractivity contribution is 0.586. The molecule has 0 amide bonds. The number of thioether (sulfide) groups is 1. The van der Waals surface area contributed by atoms with E-state index in [0.717, 1.165) is 26.2 Å². The molecule has 0 radical (unpaired) electrons. The molecular formula is C15H24N2S. The molecule has 1 heterocycles. The first kappa shape index (κ1) is 13.8. The molecule has 1 N–H and O–H groups in total. The van der Waals surface area contributed by atoms with Crippen molar-refractivity contribution in [3.05, 3.63) is 24.3 Å². The molecular weight excluding hydrogens is 240 g/mol. The van der Waals surface area contributed by atoms with Gasteiger partial charge in [-0.3, -0.25) is 0 Å². The zero-order chi connectivity index (χ0) is 13.0. The SMILES string of the molecule is CC(C)[C@@H](C)Sc1ccccc1N1CCNCC1. The zero-order valence-electron chi connectivity index (χ0n) is 11.6. The molecule has 1 aliphatic rings. The number of nitrogens with one attached hydrogen (secondary N) is 1. The summed E-state index contributed by atoms with van der Waals surface area (Å²) in [6, 6.07) is 8.84. The lowest BCUT2D eigenvalue weighted by Crippen LogP contribution is -2.43. The van der Waals surface area contributed by atoms with Crippen LogP contribution in [0.1, 0.15) is 20.8 Å². The predicted molar refractivity (Wildman–Crippen MR) is 81.7 cm³/mol. The Morgan fingerprint density at radius 3 is 2.44 bits per heavy atom. The fraction of sp³-hybridized carbons (Fsp3) is 0.600. The van der Waals surface area contributed by atoms with Gasteiger partial charge in [-0.05, 0) is 18.1 Å². The van der Waals surface area contributed by atoms with Gasteiger partial charge < -0.3 is 10.2 Å². The summed E-state index contributed by atoms with van der Waals surface area (Å²) in [5.74, 6) is 0.714. The van der Waals surface area contributed by atoms with Gasteiger partial charge in [0, 0.05) is 36.3 Å². The molecule has 1 saturated heterocycles. The van der Waals surface area contributed by atoms with Crippen LogP contribution in [0.2, 0.25) is 0 Å². The Bertz CT molecular complexity index is 373. The fourth-order valence-corrected chi connectivity index (χ4v) is 3.21. The molecule has 0 spiro atoms. The molecule has 1 aromatic carbocycles. The maximum absolute atomic E-state index is 3.41. The number of anilines is 1. The molecule has 1 fully saturated rings. The number of nitrogens with zero attached hydrogens (tertiary/aromatic N) is 1. The van der Waals surface area contributed by atoms with Gasteiger partial charge in [-0.1, -0.05) is 32.9 Å². The molecule has 1 aromatic rings. The Labute approximate surface area is 115 Å². The Balaban J connectivity index is 2.14. The van der Waals surface area contributed by atoms with E-state index >= 15 is 0 Å². The Hall–Kier alpha value is -0.670. The fourth-order valence-electron chi connectivity index (χ4n) is 2.06. The van der Waals surface area contributed by atoms with E-state index in [1.165, 1.54) is 10.6 Å². The highest BCUT2D eigenvalue weighted by atomic mass is 32.2. The number of rotatable bonds is 4. The number of hydrogen-bond donors (Lipinski definition) is 1. The Morgan fingerprint density at radius 2 is 1.78 bits per heavy atom. The van der Waals surface area contributed by atoms with Crippen LogP contribution in [-0.2, 0) is 0 Å². The smallest absolute Gasteiger partial charge is 0.0505 e. The highest BCUT2D eigenvalue weighted by Crippen LogP contribution is 2.35. The average molecular weight is 264 g/mol. The summed E-state index contributed by atoms with van der Waals surface area (Å²) in [6.07, 6.45) is 0. The molecule has 3 heteroatoms. The van der Waals surface area contributed by atoms with Crippen LogP contribution in [0, 0.1) is 5.92 Å². The van der Waals surface area contributed by atoms with Gasteiger partial charge in [0.05, 0.1) is 5.69 Å². The summed E-state index contributed by atoms with van der Waals surface area (Å²) in [5, 5.41) is 4.08. The third kappa shape index (κ3) is 3.42. The van der Waals surface area contributed by atoms with E-state index in [2.05, 4.69) is 55.3 Å². The Kier molecular flexibility index (Phi) is 4.95. The largest absolute Gasteiger partial charge is 0.368 e. The molecule has 1 atom stereocenters. The quantitative estimate of drug-likeness (QED) is 0.841. The average Bonchev–Trinajstić information content (AvgIpc) is 2.40. The van der Waals surface area contributed by atoms with Gasteiger partial charge in [0.1, 0.15) is 0 Å². The summed E-state index contributed by atoms with van der Waals surface area (Å²) >= 11 is 2.01. The van der Waals surface area contributed by atoms with Crippen LogP contribution in [0.5, 0.6) is 0 Å². The lowest BCUT2D eigenvalue weighted by Gasteiger charge is -2.31. The molecule has 100 valence electrons. The Morgan fingerprint density at radius 1 is 1.11 bits per heavy atom. The lowest BCUT2D eigenvalue weighted by atomic mass is 10.2. The van der Waals surface area contributed by atoms with E-state index in [0.29, 0.717) is 11.2 Å². The monoisotopic (exact) mass is 264 g/mol. The van der Waals surface area contributed by atoms with Gasteiger partial charge in [-0.25, -0.2) is 0 Å². The van der Waals surface area contributed by atoms with Crippen LogP contribution in [-0.4, -0.2) is 31.4 Å². The highest BCUT2D eigenvalue weighted by molar-refractivity contribution is 8.00. The highest BCUT2D eigenvalue weighted by Gasteiger charge is 2.16. The maximum Gasteiger partial charge on any atom is 0.0505 e. The second kappa shape index (κ2) is 6.48. The van der Waals surface area contributed by atoms with Gasteiger partial charge in [0.15, 0.2) is 0 Å². The van der Waals surface area contributed by atoms with Gasteiger partial charge >= 0.3 is 0 Å². The standard InChI is InChI=1S/C15H24N2S/c1-12(2)13(3)18-15-7-5-4-6-14(15)17-10-8-16-9-11-17/h4-7,12-13,16H,8-11H2,1-3H3/t13-/m1/s1. The maximum atomic E-state index is 3.41. The number of piperazine rings is 1. The van der Waals surface area contributed by atoms with E-state index < -0.39 is 0 Å². The molecule has 0 unspecified atom stereocenters. The van der Waals surface area contributed by atoms with Crippen LogP contribution >= 0.6 is 11.8 Å². The van der Waals surface area contributed by atoms with Crippen molar-refractivity contribution < 1.29 is 0 Å². The van der Waals surface area contributed by atoms with Crippen molar-refractivity contribution in [3.63, 3.8) is 0 Å². The third-order valence-electron chi connectivity index (χ3n) is 3.57. The predicted octanol–water partition coefficient (Wildman–Crippen LogP) is 3.23.